The number of nitrogens with zero attached hydrogens (tertiary/aromatic N) is 2. The number of benzene rings is 3. The van der Waals surface area contributed by atoms with Crippen LogP contribution in [-0.4, -0.2) is 42.1 Å². The van der Waals surface area contributed by atoms with Crippen LogP contribution >= 0.6 is 23.8 Å². The van der Waals surface area contributed by atoms with Crippen molar-refractivity contribution >= 4 is 46.2 Å². The molecule has 0 unspecified atom stereocenters. The second-order valence-corrected chi connectivity index (χ2v) is 8.49. The number of piperazine rings is 1. The fraction of sp³-hybridized carbons (Fsp3) is 0.200. The van der Waals surface area contributed by atoms with Crippen LogP contribution in [0.3, 0.4) is 0 Å². The highest BCUT2D eigenvalue weighted by atomic mass is 35.5. The quantitative estimate of drug-likeness (QED) is 0.532. The molecule has 7 heteroatoms. The Labute approximate surface area is 199 Å². The van der Waals surface area contributed by atoms with Crippen LogP contribution in [0.2, 0.25) is 5.02 Å². The Balaban J connectivity index is 1.26. The van der Waals surface area contributed by atoms with E-state index in [2.05, 4.69) is 38.6 Å². The molecule has 0 radical (unpaired) electrons. The van der Waals surface area contributed by atoms with E-state index in [9.17, 15) is 4.79 Å². The van der Waals surface area contributed by atoms with Crippen molar-refractivity contribution in [2.45, 2.75) is 6.54 Å². The van der Waals surface area contributed by atoms with Gasteiger partial charge in [-0.1, -0.05) is 48.0 Å². The van der Waals surface area contributed by atoms with Crippen LogP contribution in [0.4, 0.5) is 11.4 Å². The normalized spacial score (nSPS) is 14.1. The highest BCUT2D eigenvalue weighted by Crippen LogP contribution is 2.22. The summed E-state index contributed by atoms with van der Waals surface area (Å²) in [5.41, 5.74) is 3.76. The Morgan fingerprint density at radius 2 is 1.53 bits per heavy atom. The van der Waals surface area contributed by atoms with Crippen LogP contribution < -0.4 is 15.5 Å². The summed E-state index contributed by atoms with van der Waals surface area (Å²) in [6.07, 6.45) is 0. The summed E-state index contributed by atoms with van der Waals surface area (Å²) in [5.74, 6) is -0.227. The van der Waals surface area contributed by atoms with E-state index >= 15 is 0 Å². The Bertz CT molecular complexity index is 1070. The molecule has 0 aromatic heterocycles. The molecule has 1 heterocycles. The van der Waals surface area contributed by atoms with Crippen molar-refractivity contribution in [2.75, 3.05) is 36.4 Å². The lowest BCUT2D eigenvalue weighted by molar-refractivity contribution is 0.0977. The van der Waals surface area contributed by atoms with Crippen LogP contribution in [0.15, 0.2) is 78.9 Å². The van der Waals surface area contributed by atoms with Gasteiger partial charge in [-0.05, 0) is 60.2 Å². The summed E-state index contributed by atoms with van der Waals surface area (Å²) in [6, 6.07) is 25.2. The van der Waals surface area contributed by atoms with Crippen LogP contribution in [0.25, 0.3) is 0 Å². The van der Waals surface area contributed by atoms with E-state index in [0.29, 0.717) is 5.56 Å². The molecular weight excluding hydrogens is 440 g/mol. The topological polar surface area (TPSA) is 47.6 Å². The summed E-state index contributed by atoms with van der Waals surface area (Å²) in [5, 5.41) is 6.89. The van der Waals surface area contributed by atoms with E-state index in [1.807, 2.05) is 48.5 Å². The average molecular weight is 465 g/mol. The lowest BCUT2D eigenvalue weighted by Crippen LogP contribution is -2.46. The SMILES string of the molecule is O=C(NC(=S)Nc1ccc(N2CCN(Cc3ccccc3Cl)CC2)cc1)c1ccccc1. The third kappa shape index (κ3) is 5.85. The number of thiocarbonyl (C=S) groups is 1. The maximum atomic E-state index is 12.2. The summed E-state index contributed by atoms with van der Waals surface area (Å²) in [7, 11) is 0. The number of nitrogens with one attached hydrogen (secondary N) is 2. The van der Waals surface area contributed by atoms with Crippen LogP contribution in [-0.2, 0) is 6.54 Å². The molecule has 0 atom stereocenters. The molecule has 0 spiro atoms. The first-order valence-corrected chi connectivity index (χ1v) is 11.4. The number of rotatable bonds is 5. The minimum atomic E-state index is -0.227. The van der Waals surface area contributed by atoms with Crippen LogP contribution in [0.5, 0.6) is 0 Å². The van der Waals surface area contributed by atoms with Gasteiger partial charge in [-0.2, -0.15) is 0 Å². The van der Waals surface area contributed by atoms with Gasteiger partial charge in [-0.15, -0.1) is 0 Å². The third-order valence-corrected chi connectivity index (χ3v) is 6.05. The molecule has 1 amide bonds. The Hall–Kier alpha value is -2.93. The maximum Gasteiger partial charge on any atom is 0.257 e. The highest BCUT2D eigenvalue weighted by molar-refractivity contribution is 7.80. The van der Waals surface area contributed by atoms with Crippen molar-refractivity contribution in [1.29, 1.82) is 0 Å². The smallest absolute Gasteiger partial charge is 0.257 e. The Kier molecular flexibility index (Phi) is 7.37. The molecule has 4 rings (SSSR count). The molecule has 0 aliphatic carbocycles. The number of hydrogen-bond donors (Lipinski definition) is 2. The van der Waals surface area contributed by atoms with Gasteiger partial charge in [-0.25, -0.2) is 0 Å². The summed E-state index contributed by atoms with van der Waals surface area (Å²) in [4.78, 5) is 17.0. The largest absolute Gasteiger partial charge is 0.369 e. The minimum Gasteiger partial charge on any atom is -0.369 e. The van der Waals surface area contributed by atoms with Crippen molar-refractivity contribution < 1.29 is 4.79 Å². The number of amides is 1. The third-order valence-electron chi connectivity index (χ3n) is 5.48. The summed E-state index contributed by atoms with van der Waals surface area (Å²) < 4.78 is 0. The van der Waals surface area contributed by atoms with Gasteiger partial charge in [0, 0.05) is 54.7 Å². The zero-order valence-corrected chi connectivity index (χ0v) is 19.2. The van der Waals surface area contributed by atoms with Crippen molar-refractivity contribution in [3.8, 4) is 0 Å². The van der Waals surface area contributed by atoms with Gasteiger partial charge < -0.3 is 10.2 Å². The van der Waals surface area contributed by atoms with Gasteiger partial charge in [0.2, 0.25) is 0 Å². The molecule has 5 nitrogen and oxygen atoms in total. The van der Waals surface area contributed by atoms with Crippen molar-refractivity contribution in [3.63, 3.8) is 0 Å². The molecule has 164 valence electrons. The summed E-state index contributed by atoms with van der Waals surface area (Å²) in [6.45, 7) is 4.77. The average Bonchev–Trinajstić information content (AvgIpc) is 2.82. The standard InChI is InChI=1S/C25H25ClN4OS/c26-23-9-5-4-8-20(23)18-29-14-16-30(17-15-29)22-12-10-21(11-13-22)27-25(32)28-24(31)19-6-2-1-3-7-19/h1-13H,14-18H2,(H2,27,28,31,32). The fourth-order valence-electron chi connectivity index (χ4n) is 3.71. The molecule has 0 saturated carbocycles. The van der Waals surface area contributed by atoms with E-state index in [1.54, 1.807) is 12.1 Å². The first-order chi connectivity index (χ1) is 15.6. The molecule has 3 aromatic carbocycles. The zero-order valence-electron chi connectivity index (χ0n) is 17.6. The minimum absolute atomic E-state index is 0.227. The van der Waals surface area contributed by atoms with Crippen molar-refractivity contribution in [1.82, 2.24) is 10.2 Å². The number of carbonyl (C=O) groups excluding carboxylic acids is 1. The second kappa shape index (κ2) is 10.6. The first-order valence-electron chi connectivity index (χ1n) is 10.6. The first kappa shape index (κ1) is 22.3. The molecule has 0 bridgehead atoms. The number of halogens is 1. The van der Waals surface area contributed by atoms with Crippen molar-refractivity contribution in [2.24, 2.45) is 0 Å². The molecule has 2 N–H and O–H groups in total. The maximum absolute atomic E-state index is 12.2. The molecule has 1 saturated heterocycles. The molecule has 1 aliphatic rings. The monoisotopic (exact) mass is 464 g/mol. The predicted molar refractivity (Wildman–Crippen MR) is 136 cm³/mol. The zero-order chi connectivity index (χ0) is 22.3. The molecule has 1 fully saturated rings. The van der Waals surface area contributed by atoms with Crippen LogP contribution in [0.1, 0.15) is 15.9 Å². The second-order valence-electron chi connectivity index (χ2n) is 7.68. The van der Waals surface area contributed by atoms with E-state index in [4.69, 9.17) is 23.8 Å². The lowest BCUT2D eigenvalue weighted by atomic mass is 10.2. The van der Waals surface area contributed by atoms with E-state index < -0.39 is 0 Å². The van der Waals surface area contributed by atoms with Gasteiger partial charge in [0.1, 0.15) is 0 Å². The number of anilines is 2. The summed E-state index contributed by atoms with van der Waals surface area (Å²) >= 11 is 11.6. The Morgan fingerprint density at radius 1 is 0.875 bits per heavy atom. The molecular formula is C25H25ClN4OS. The molecule has 1 aliphatic heterocycles. The fourth-order valence-corrected chi connectivity index (χ4v) is 4.12. The molecule has 32 heavy (non-hydrogen) atoms. The van der Waals surface area contributed by atoms with Gasteiger partial charge in [-0.3, -0.25) is 15.0 Å². The van der Waals surface area contributed by atoms with Crippen molar-refractivity contribution in [3.05, 3.63) is 95.0 Å². The van der Waals surface area contributed by atoms with Gasteiger partial charge in [0.25, 0.3) is 5.91 Å². The Morgan fingerprint density at radius 3 is 2.22 bits per heavy atom. The highest BCUT2D eigenvalue weighted by Gasteiger charge is 2.18. The van der Waals surface area contributed by atoms with Gasteiger partial charge in [0.05, 0.1) is 0 Å². The van der Waals surface area contributed by atoms with E-state index in [-0.39, 0.29) is 11.0 Å². The van der Waals surface area contributed by atoms with E-state index in [0.717, 1.165) is 43.4 Å². The number of hydrogen-bond acceptors (Lipinski definition) is 4. The lowest BCUT2D eigenvalue weighted by Gasteiger charge is -2.36. The van der Waals surface area contributed by atoms with Gasteiger partial charge >= 0.3 is 0 Å². The number of carbonyl (C=O) groups is 1. The van der Waals surface area contributed by atoms with Crippen LogP contribution in [0, 0.1) is 0 Å². The van der Waals surface area contributed by atoms with E-state index in [1.165, 1.54) is 11.3 Å². The molecule has 3 aromatic rings. The predicted octanol–water partition coefficient (Wildman–Crippen LogP) is 4.79. The van der Waals surface area contributed by atoms with Gasteiger partial charge in [0.15, 0.2) is 5.11 Å².